The van der Waals surface area contributed by atoms with Gasteiger partial charge in [-0.05, 0) is 52.2 Å². The standard InChI is InChI=1S/C13H14Br2N2OS/c1-18-10-2-3-11(15)8(4-10)5-12(17-16)13-6-9(14)7-19-13/h2-4,6-7,12,17H,5,16H2,1H3. The highest BCUT2D eigenvalue weighted by atomic mass is 79.9. The molecular formula is C13H14Br2N2OS. The minimum Gasteiger partial charge on any atom is -0.497 e. The fourth-order valence-corrected chi connectivity index (χ4v) is 3.72. The maximum Gasteiger partial charge on any atom is 0.119 e. The monoisotopic (exact) mass is 404 g/mol. The number of methoxy groups -OCH3 is 1. The summed E-state index contributed by atoms with van der Waals surface area (Å²) in [5.41, 5.74) is 4.03. The molecule has 0 spiro atoms. The average molecular weight is 406 g/mol. The Bertz CT molecular complexity index is 559. The number of ether oxygens (including phenoxy) is 1. The Balaban J connectivity index is 2.23. The molecular weight excluding hydrogens is 392 g/mol. The molecule has 0 aliphatic carbocycles. The third kappa shape index (κ3) is 3.79. The summed E-state index contributed by atoms with van der Waals surface area (Å²) >= 11 is 8.71. The van der Waals surface area contributed by atoms with Crippen LogP contribution >= 0.6 is 43.2 Å². The van der Waals surface area contributed by atoms with Crippen molar-refractivity contribution < 1.29 is 4.74 Å². The molecule has 1 aromatic carbocycles. The van der Waals surface area contributed by atoms with E-state index in [9.17, 15) is 0 Å². The zero-order chi connectivity index (χ0) is 13.8. The molecule has 0 radical (unpaired) electrons. The van der Waals surface area contributed by atoms with Crippen molar-refractivity contribution in [2.24, 2.45) is 5.84 Å². The van der Waals surface area contributed by atoms with Crippen LogP contribution < -0.4 is 16.0 Å². The van der Waals surface area contributed by atoms with E-state index in [0.29, 0.717) is 0 Å². The van der Waals surface area contributed by atoms with Gasteiger partial charge in [-0.1, -0.05) is 15.9 Å². The summed E-state index contributed by atoms with van der Waals surface area (Å²) in [6.07, 6.45) is 0.793. The second kappa shape index (κ2) is 6.85. The predicted octanol–water partition coefficient (Wildman–Crippen LogP) is 4.03. The minimum atomic E-state index is 0.0831. The van der Waals surface area contributed by atoms with Crippen LogP contribution in [0.25, 0.3) is 0 Å². The molecule has 3 N–H and O–H groups in total. The molecule has 1 unspecified atom stereocenters. The van der Waals surface area contributed by atoms with Gasteiger partial charge in [-0.3, -0.25) is 11.3 Å². The van der Waals surface area contributed by atoms with Crippen LogP contribution in [-0.4, -0.2) is 7.11 Å². The van der Waals surface area contributed by atoms with E-state index in [2.05, 4.69) is 48.7 Å². The maximum absolute atomic E-state index is 5.68. The van der Waals surface area contributed by atoms with Crippen LogP contribution in [-0.2, 0) is 6.42 Å². The zero-order valence-electron chi connectivity index (χ0n) is 10.3. The minimum absolute atomic E-state index is 0.0831. The smallest absolute Gasteiger partial charge is 0.119 e. The third-order valence-corrected chi connectivity index (χ3v) is 5.39. The van der Waals surface area contributed by atoms with Gasteiger partial charge < -0.3 is 4.74 Å². The van der Waals surface area contributed by atoms with E-state index in [1.807, 2.05) is 18.2 Å². The summed E-state index contributed by atoms with van der Waals surface area (Å²) in [4.78, 5) is 1.20. The van der Waals surface area contributed by atoms with Gasteiger partial charge in [0.1, 0.15) is 5.75 Å². The number of benzene rings is 1. The van der Waals surface area contributed by atoms with Gasteiger partial charge in [-0.2, -0.15) is 0 Å². The van der Waals surface area contributed by atoms with E-state index in [-0.39, 0.29) is 6.04 Å². The first kappa shape index (κ1) is 15.0. The predicted molar refractivity (Wildman–Crippen MR) is 86.5 cm³/mol. The molecule has 1 heterocycles. The van der Waals surface area contributed by atoms with Gasteiger partial charge in [0.25, 0.3) is 0 Å². The molecule has 3 nitrogen and oxygen atoms in total. The molecule has 0 fully saturated rings. The quantitative estimate of drug-likeness (QED) is 0.583. The van der Waals surface area contributed by atoms with E-state index in [1.54, 1.807) is 18.4 Å². The van der Waals surface area contributed by atoms with Crippen LogP contribution in [0.3, 0.4) is 0 Å². The molecule has 0 aliphatic rings. The topological polar surface area (TPSA) is 47.3 Å². The maximum atomic E-state index is 5.68. The van der Waals surface area contributed by atoms with Crippen LogP contribution in [0.2, 0.25) is 0 Å². The molecule has 102 valence electrons. The lowest BCUT2D eigenvalue weighted by molar-refractivity contribution is 0.413. The van der Waals surface area contributed by atoms with Crippen molar-refractivity contribution in [2.75, 3.05) is 7.11 Å². The summed E-state index contributed by atoms with van der Waals surface area (Å²) in [6.45, 7) is 0. The number of hydrogen-bond acceptors (Lipinski definition) is 4. The Morgan fingerprint density at radius 3 is 2.74 bits per heavy atom. The van der Waals surface area contributed by atoms with Gasteiger partial charge in [-0.15, -0.1) is 11.3 Å². The van der Waals surface area contributed by atoms with Gasteiger partial charge in [0.15, 0.2) is 0 Å². The van der Waals surface area contributed by atoms with E-state index in [1.165, 1.54) is 4.88 Å². The van der Waals surface area contributed by atoms with Gasteiger partial charge in [-0.25, -0.2) is 0 Å². The zero-order valence-corrected chi connectivity index (χ0v) is 14.3. The van der Waals surface area contributed by atoms with Crippen LogP contribution in [0, 0.1) is 0 Å². The Morgan fingerprint density at radius 2 is 2.16 bits per heavy atom. The van der Waals surface area contributed by atoms with Crippen molar-refractivity contribution in [1.29, 1.82) is 0 Å². The first-order valence-electron chi connectivity index (χ1n) is 5.66. The van der Waals surface area contributed by atoms with Crippen LogP contribution in [0.15, 0.2) is 38.6 Å². The SMILES string of the molecule is COc1ccc(Br)c(CC(NN)c2cc(Br)cs2)c1. The summed E-state index contributed by atoms with van der Waals surface area (Å²) in [5, 5.41) is 2.06. The van der Waals surface area contributed by atoms with E-state index < -0.39 is 0 Å². The number of nitrogens with two attached hydrogens (primary N) is 1. The molecule has 1 atom stereocenters. The second-order valence-electron chi connectivity index (χ2n) is 4.05. The number of nitrogens with one attached hydrogen (secondary N) is 1. The van der Waals surface area contributed by atoms with Crippen LogP contribution in [0.5, 0.6) is 5.75 Å². The third-order valence-electron chi connectivity index (χ3n) is 2.81. The van der Waals surface area contributed by atoms with Gasteiger partial charge in [0.05, 0.1) is 13.2 Å². The highest BCUT2D eigenvalue weighted by Gasteiger charge is 2.15. The lowest BCUT2D eigenvalue weighted by Crippen LogP contribution is -2.29. The molecule has 2 rings (SSSR count). The fraction of sp³-hybridized carbons (Fsp3) is 0.231. The van der Waals surface area contributed by atoms with Gasteiger partial charge in [0.2, 0.25) is 0 Å². The second-order valence-corrected chi connectivity index (χ2v) is 6.76. The first-order valence-corrected chi connectivity index (χ1v) is 8.13. The van der Waals surface area contributed by atoms with Crippen LogP contribution in [0.4, 0.5) is 0 Å². The molecule has 0 amide bonds. The number of rotatable bonds is 5. The van der Waals surface area contributed by atoms with Crippen molar-refractivity contribution in [3.8, 4) is 5.75 Å². The van der Waals surface area contributed by atoms with E-state index in [4.69, 9.17) is 10.6 Å². The Morgan fingerprint density at radius 1 is 1.37 bits per heavy atom. The molecule has 1 aromatic heterocycles. The molecule has 0 bridgehead atoms. The highest BCUT2D eigenvalue weighted by Crippen LogP contribution is 2.31. The summed E-state index contributed by atoms with van der Waals surface area (Å²) in [6, 6.07) is 8.12. The molecule has 0 saturated carbocycles. The highest BCUT2D eigenvalue weighted by molar-refractivity contribution is 9.10. The molecule has 0 saturated heterocycles. The lowest BCUT2D eigenvalue weighted by Gasteiger charge is -2.16. The van der Waals surface area contributed by atoms with Crippen molar-refractivity contribution in [1.82, 2.24) is 5.43 Å². The number of hydrazine groups is 1. The normalized spacial score (nSPS) is 12.4. The molecule has 19 heavy (non-hydrogen) atoms. The molecule has 0 aliphatic heterocycles. The van der Waals surface area contributed by atoms with Crippen molar-refractivity contribution in [3.05, 3.63) is 49.0 Å². The lowest BCUT2D eigenvalue weighted by atomic mass is 10.0. The average Bonchev–Trinajstić information content (AvgIpc) is 2.84. The van der Waals surface area contributed by atoms with Gasteiger partial charge >= 0.3 is 0 Å². The Labute approximate surface area is 133 Å². The van der Waals surface area contributed by atoms with E-state index >= 15 is 0 Å². The molecule has 2 aromatic rings. The number of thiophene rings is 1. The van der Waals surface area contributed by atoms with Crippen molar-refractivity contribution in [2.45, 2.75) is 12.5 Å². The largest absolute Gasteiger partial charge is 0.497 e. The van der Waals surface area contributed by atoms with Gasteiger partial charge in [0, 0.05) is 19.2 Å². The van der Waals surface area contributed by atoms with Crippen LogP contribution in [0.1, 0.15) is 16.5 Å². The number of halogens is 2. The summed E-state index contributed by atoms with van der Waals surface area (Å²) in [5.74, 6) is 6.53. The fourth-order valence-electron chi connectivity index (χ4n) is 1.81. The summed E-state index contributed by atoms with van der Waals surface area (Å²) < 4.78 is 7.40. The van der Waals surface area contributed by atoms with Crippen molar-refractivity contribution >= 4 is 43.2 Å². The Kier molecular flexibility index (Phi) is 5.41. The van der Waals surface area contributed by atoms with E-state index in [0.717, 1.165) is 26.7 Å². The Hall–Kier alpha value is -0.400. The summed E-state index contributed by atoms with van der Waals surface area (Å²) in [7, 11) is 1.67. The first-order chi connectivity index (χ1) is 9.13. The van der Waals surface area contributed by atoms with Crippen molar-refractivity contribution in [3.63, 3.8) is 0 Å². The number of hydrogen-bond donors (Lipinski definition) is 2. The molecule has 6 heteroatoms.